The molecular weight excluding hydrogens is 277 g/mol. The van der Waals surface area contributed by atoms with Crippen molar-refractivity contribution in [3.05, 3.63) is 45.7 Å². The van der Waals surface area contributed by atoms with Crippen molar-refractivity contribution in [2.45, 2.75) is 0 Å². The molecule has 0 fully saturated rings. The smallest absolute Gasteiger partial charge is 0.356 e. The number of aromatic carboxylic acids is 1. The van der Waals surface area contributed by atoms with Crippen molar-refractivity contribution < 1.29 is 9.90 Å². The number of aromatic nitrogens is 2. The number of rotatable bonds is 2. The monoisotopic (exact) mass is 281 g/mol. The Morgan fingerprint density at radius 2 is 2.17 bits per heavy atom. The van der Waals surface area contributed by atoms with Crippen LogP contribution in [0.2, 0.25) is 10.0 Å². The van der Waals surface area contributed by atoms with Crippen molar-refractivity contribution >= 4 is 29.2 Å². The molecule has 18 heavy (non-hydrogen) atoms. The van der Waals surface area contributed by atoms with Crippen LogP contribution in [0.3, 0.4) is 0 Å². The number of nitrogens with zero attached hydrogens (tertiary/aromatic N) is 3. The second kappa shape index (κ2) is 4.69. The minimum absolute atomic E-state index is 0.0338. The third kappa shape index (κ3) is 2.04. The lowest BCUT2D eigenvalue weighted by molar-refractivity contribution is 0.0686. The SMILES string of the molecule is N#Cc1cnn(-c2ccc(Cl)cc2Cl)c1C(=O)O. The number of hydrogen-bond acceptors (Lipinski definition) is 3. The van der Waals surface area contributed by atoms with Gasteiger partial charge in [-0.15, -0.1) is 0 Å². The van der Waals surface area contributed by atoms with E-state index in [4.69, 9.17) is 33.6 Å². The van der Waals surface area contributed by atoms with E-state index in [1.807, 2.05) is 0 Å². The standard InChI is InChI=1S/C11H5Cl2N3O2/c12-7-1-2-9(8(13)3-7)16-10(11(17)18)6(4-14)5-15-16/h1-3,5H,(H,17,18). The topological polar surface area (TPSA) is 78.9 Å². The maximum absolute atomic E-state index is 11.1. The molecule has 7 heteroatoms. The molecule has 0 amide bonds. The Balaban J connectivity index is 2.69. The van der Waals surface area contributed by atoms with Crippen LogP contribution in [-0.4, -0.2) is 20.9 Å². The Kier molecular flexibility index (Phi) is 3.24. The lowest BCUT2D eigenvalue weighted by atomic mass is 10.2. The number of carbonyl (C=O) groups is 1. The first-order valence-corrected chi connectivity index (χ1v) is 5.47. The van der Waals surface area contributed by atoms with Crippen molar-refractivity contribution in [3.63, 3.8) is 0 Å². The number of carboxylic acid groups (broad SMARTS) is 1. The molecule has 0 saturated carbocycles. The van der Waals surface area contributed by atoms with Gasteiger partial charge < -0.3 is 5.11 Å². The van der Waals surface area contributed by atoms with Gasteiger partial charge in [0.1, 0.15) is 11.6 Å². The summed E-state index contributed by atoms with van der Waals surface area (Å²) in [6.45, 7) is 0. The Labute approximate surface area is 112 Å². The molecule has 0 aliphatic rings. The number of hydrogen-bond donors (Lipinski definition) is 1. The molecule has 90 valence electrons. The molecule has 1 aromatic carbocycles. The molecule has 0 atom stereocenters. The van der Waals surface area contributed by atoms with E-state index < -0.39 is 5.97 Å². The predicted octanol–water partition coefficient (Wildman–Crippen LogP) is 2.75. The first-order valence-electron chi connectivity index (χ1n) is 4.71. The molecule has 1 aromatic heterocycles. The first-order chi connectivity index (χ1) is 8.54. The summed E-state index contributed by atoms with van der Waals surface area (Å²) in [5.74, 6) is -1.25. The lowest BCUT2D eigenvalue weighted by Gasteiger charge is -2.07. The fourth-order valence-electron chi connectivity index (χ4n) is 1.47. The van der Waals surface area contributed by atoms with Crippen LogP contribution >= 0.6 is 23.2 Å². The third-order valence-electron chi connectivity index (χ3n) is 2.23. The summed E-state index contributed by atoms with van der Waals surface area (Å²) in [7, 11) is 0. The highest BCUT2D eigenvalue weighted by Gasteiger charge is 2.20. The van der Waals surface area contributed by atoms with E-state index in [2.05, 4.69) is 5.10 Å². The lowest BCUT2D eigenvalue weighted by Crippen LogP contribution is -2.09. The van der Waals surface area contributed by atoms with E-state index in [9.17, 15) is 4.79 Å². The van der Waals surface area contributed by atoms with Gasteiger partial charge in [-0.05, 0) is 18.2 Å². The second-order valence-electron chi connectivity index (χ2n) is 3.33. The van der Waals surface area contributed by atoms with Gasteiger partial charge in [-0.3, -0.25) is 0 Å². The van der Waals surface area contributed by atoms with Crippen LogP contribution < -0.4 is 0 Å². The van der Waals surface area contributed by atoms with Crippen LogP contribution in [0.15, 0.2) is 24.4 Å². The van der Waals surface area contributed by atoms with Crippen molar-refractivity contribution in [2.75, 3.05) is 0 Å². The van der Waals surface area contributed by atoms with Crippen LogP contribution in [0.4, 0.5) is 0 Å². The van der Waals surface area contributed by atoms with Crippen LogP contribution in [-0.2, 0) is 0 Å². The van der Waals surface area contributed by atoms with E-state index in [0.717, 1.165) is 4.68 Å². The predicted molar refractivity (Wildman–Crippen MR) is 65.3 cm³/mol. The summed E-state index contributed by atoms with van der Waals surface area (Å²) in [5.41, 5.74) is 0.0789. The molecule has 2 aromatic rings. The van der Waals surface area contributed by atoms with Gasteiger partial charge in [0, 0.05) is 5.02 Å². The molecule has 2 rings (SSSR count). The molecule has 0 radical (unpaired) electrons. The molecule has 0 aliphatic carbocycles. The molecular formula is C11H5Cl2N3O2. The number of halogens is 2. The number of nitriles is 1. The van der Waals surface area contributed by atoms with Gasteiger partial charge >= 0.3 is 5.97 Å². The highest BCUT2D eigenvalue weighted by molar-refractivity contribution is 6.35. The average Bonchev–Trinajstić information content (AvgIpc) is 2.72. The second-order valence-corrected chi connectivity index (χ2v) is 4.17. The Hall–Kier alpha value is -2.03. The normalized spacial score (nSPS) is 10.1. The van der Waals surface area contributed by atoms with Gasteiger partial charge in [0.15, 0.2) is 5.69 Å². The van der Waals surface area contributed by atoms with Crippen molar-refractivity contribution in [1.29, 1.82) is 5.26 Å². The third-order valence-corrected chi connectivity index (χ3v) is 2.77. The van der Waals surface area contributed by atoms with Crippen LogP contribution in [0, 0.1) is 11.3 Å². The van der Waals surface area contributed by atoms with Gasteiger partial charge in [0.25, 0.3) is 0 Å². The van der Waals surface area contributed by atoms with E-state index >= 15 is 0 Å². The van der Waals surface area contributed by atoms with Crippen molar-refractivity contribution in [3.8, 4) is 11.8 Å². The summed E-state index contributed by atoms with van der Waals surface area (Å²) in [5, 5.41) is 22.4. The summed E-state index contributed by atoms with van der Waals surface area (Å²) in [6, 6.07) is 6.33. The average molecular weight is 282 g/mol. The minimum Gasteiger partial charge on any atom is -0.476 e. The van der Waals surface area contributed by atoms with E-state index in [-0.39, 0.29) is 16.3 Å². The summed E-state index contributed by atoms with van der Waals surface area (Å²) < 4.78 is 1.10. The van der Waals surface area contributed by atoms with Gasteiger partial charge in [-0.25, -0.2) is 9.48 Å². The Morgan fingerprint density at radius 3 is 2.72 bits per heavy atom. The maximum atomic E-state index is 11.1. The number of carboxylic acids is 1. The van der Waals surface area contributed by atoms with E-state index in [1.54, 1.807) is 12.1 Å². The maximum Gasteiger partial charge on any atom is 0.356 e. The zero-order valence-corrected chi connectivity index (χ0v) is 10.3. The highest BCUT2D eigenvalue weighted by atomic mass is 35.5. The zero-order valence-electron chi connectivity index (χ0n) is 8.76. The van der Waals surface area contributed by atoms with E-state index in [0.29, 0.717) is 10.7 Å². The first kappa shape index (κ1) is 12.4. The molecule has 1 heterocycles. The summed E-state index contributed by atoms with van der Waals surface area (Å²) in [4.78, 5) is 11.1. The van der Waals surface area contributed by atoms with Crippen molar-refractivity contribution in [1.82, 2.24) is 9.78 Å². The molecule has 0 aliphatic heterocycles. The van der Waals surface area contributed by atoms with Gasteiger partial charge in [0.2, 0.25) is 0 Å². The van der Waals surface area contributed by atoms with Gasteiger partial charge in [-0.2, -0.15) is 10.4 Å². The molecule has 0 spiro atoms. The van der Waals surface area contributed by atoms with Crippen LogP contribution in [0.25, 0.3) is 5.69 Å². The Morgan fingerprint density at radius 1 is 1.44 bits per heavy atom. The quantitative estimate of drug-likeness (QED) is 0.918. The highest BCUT2D eigenvalue weighted by Crippen LogP contribution is 2.25. The van der Waals surface area contributed by atoms with Crippen LogP contribution in [0.1, 0.15) is 16.1 Å². The number of benzene rings is 1. The minimum atomic E-state index is -1.25. The largest absolute Gasteiger partial charge is 0.476 e. The summed E-state index contributed by atoms with van der Waals surface area (Å²) in [6.07, 6.45) is 1.17. The molecule has 5 nitrogen and oxygen atoms in total. The van der Waals surface area contributed by atoms with E-state index in [1.165, 1.54) is 18.3 Å². The fraction of sp³-hybridized carbons (Fsp3) is 0. The Bertz CT molecular complexity index is 673. The molecule has 1 N–H and O–H groups in total. The molecule has 0 unspecified atom stereocenters. The van der Waals surface area contributed by atoms with Gasteiger partial charge in [-0.1, -0.05) is 23.2 Å². The molecule has 0 saturated heterocycles. The fourth-order valence-corrected chi connectivity index (χ4v) is 1.96. The van der Waals surface area contributed by atoms with Crippen molar-refractivity contribution in [2.24, 2.45) is 0 Å². The zero-order chi connectivity index (χ0) is 13.3. The van der Waals surface area contributed by atoms with Crippen LogP contribution in [0.5, 0.6) is 0 Å². The molecule has 0 bridgehead atoms. The summed E-state index contributed by atoms with van der Waals surface area (Å²) >= 11 is 11.7. The van der Waals surface area contributed by atoms with Gasteiger partial charge in [0.05, 0.1) is 16.9 Å².